The van der Waals surface area contributed by atoms with Gasteiger partial charge in [-0.25, -0.2) is 4.39 Å². The molecule has 2 heterocycles. The van der Waals surface area contributed by atoms with Gasteiger partial charge >= 0.3 is 6.18 Å². The molecule has 1 aromatic rings. The Kier molecular flexibility index (Phi) is 8.54. The fraction of sp³-hybridized carbons (Fsp3) is 0.684. The first-order chi connectivity index (χ1) is 13.8. The first-order valence-electron chi connectivity index (χ1n) is 9.75. The van der Waals surface area contributed by atoms with Crippen molar-refractivity contribution >= 4 is 18.3 Å². The number of methoxy groups -OCH3 is 1. The second-order valence-corrected chi connectivity index (χ2v) is 7.46. The molecule has 0 bridgehead atoms. The normalized spacial score (nSPS) is 24.1. The van der Waals surface area contributed by atoms with Crippen molar-refractivity contribution in [1.29, 1.82) is 0 Å². The molecule has 1 aliphatic heterocycles. The van der Waals surface area contributed by atoms with Gasteiger partial charge < -0.3 is 20.1 Å². The van der Waals surface area contributed by atoms with Gasteiger partial charge in [0.05, 0.1) is 19.1 Å². The third-order valence-corrected chi connectivity index (χ3v) is 5.37. The fourth-order valence-electron chi connectivity index (χ4n) is 3.80. The maximum Gasteiger partial charge on any atom is 0.391 e. The number of hydrogen-bond acceptors (Lipinski definition) is 5. The summed E-state index contributed by atoms with van der Waals surface area (Å²) in [5, 5.41) is 5.78. The van der Waals surface area contributed by atoms with Crippen molar-refractivity contribution in [2.45, 2.75) is 63.4 Å². The summed E-state index contributed by atoms with van der Waals surface area (Å²) in [7, 11) is 1.34. The highest BCUT2D eigenvalue weighted by molar-refractivity contribution is 5.85. The molecule has 170 valence electrons. The molecule has 1 amide bonds. The van der Waals surface area contributed by atoms with Gasteiger partial charge in [0.15, 0.2) is 5.82 Å². The van der Waals surface area contributed by atoms with Crippen molar-refractivity contribution in [1.82, 2.24) is 15.6 Å². The third-order valence-electron chi connectivity index (χ3n) is 5.37. The highest BCUT2D eigenvalue weighted by atomic mass is 35.5. The van der Waals surface area contributed by atoms with Crippen molar-refractivity contribution < 1.29 is 31.8 Å². The second-order valence-electron chi connectivity index (χ2n) is 7.46. The summed E-state index contributed by atoms with van der Waals surface area (Å²) < 4.78 is 64.0. The Hall–Kier alpha value is -1.81. The summed E-state index contributed by atoms with van der Waals surface area (Å²) in [4.78, 5) is 16.1. The van der Waals surface area contributed by atoms with E-state index < -0.39 is 24.0 Å². The molecule has 1 saturated heterocycles. The second kappa shape index (κ2) is 10.5. The molecule has 1 saturated carbocycles. The molecule has 2 fully saturated rings. The zero-order valence-corrected chi connectivity index (χ0v) is 17.4. The van der Waals surface area contributed by atoms with Crippen LogP contribution in [-0.2, 0) is 11.3 Å². The number of carbonyl (C=O) groups is 1. The summed E-state index contributed by atoms with van der Waals surface area (Å²) in [6.45, 7) is 0.796. The van der Waals surface area contributed by atoms with E-state index in [9.17, 15) is 22.4 Å². The van der Waals surface area contributed by atoms with Crippen LogP contribution in [0.5, 0.6) is 11.8 Å². The van der Waals surface area contributed by atoms with E-state index in [0.717, 1.165) is 25.5 Å². The van der Waals surface area contributed by atoms with Crippen molar-refractivity contribution in [3.05, 3.63) is 17.4 Å². The molecule has 0 spiro atoms. The van der Waals surface area contributed by atoms with E-state index in [4.69, 9.17) is 9.47 Å². The van der Waals surface area contributed by atoms with Gasteiger partial charge in [0.2, 0.25) is 11.8 Å². The molecule has 1 aliphatic carbocycles. The summed E-state index contributed by atoms with van der Waals surface area (Å²) in [5.41, 5.74) is 0.320. The van der Waals surface area contributed by atoms with Crippen LogP contribution in [0.1, 0.15) is 44.1 Å². The van der Waals surface area contributed by atoms with Crippen LogP contribution in [-0.4, -0.2) is 42.9 Å². The summed E-state index contributed by atoms with van der Waals surface area (Å²) >= 11 is 0. The number of halogens is 5. The summed E-state index contributed by atoms with van der Waals surface area (Å²) in [6.07, 6.45) is -2.81. The van der Waals surface area contributed by atoms with Gasteiger partial charge in [0.1, 0.15) is 6.10 Å². The third kappa shape index (κ3) is 6.10. The highest BCUT2D eigenvalue weighted by Crippen LogP contribution is 2.39. The zero-order valence-electron chi connectivity index (χ0n) is 16.6. The molecule has 2 N–H and O–H groups in total. The lowest BCUT2D eigenvalue weighted by molar-refractivity contribution is -0.188. The van der Waals surface area contributed by atoms with Gasteiger partial charge in [-0.2, -0.15) is 18.2 Å². The summed E-state index contributed by atoms with van der Waals surface area (Å²) in [5.74, 6) is -2.77. The Morgan fingerprint density at radius 2 is 2.03 bits per heavy atom. The van der Waals surface area contributed by atoms with Crippen LogP contribution in [0.25, 0.3) is 0 Å². The Morgan fingerprint density at radius 1 is 1.27 bits per heavy atom. The van der Waals surface area contributed by atoms with Gasteiger partial charge in [0.25, 0.3) is 5.88 Å². The molecule has 2 aliphatic rings. The molecule has 0 unspecified atom stereocenters. The SMILES string of the molecule is COc1nc(O[C@H]2CCC[C@H](C(F)(F)F)C2)c(F)cc1CNC(=O)[C@@H]1CCCN1.Cl. The van der Waals surface area contributed by atoms with Gasteiger partial charge in [-0.05, 0) is 51.1 Å². The number of nitrogens with zero attached hydrogens (tertiary/aromatic N) is 1. The van der Waals surface area contributed by atoms with Crippen LogP contribution in [0, 0.1) is 11.7 Å². The number of pyridine rings is 1. The van der Waals surface area contributed by atoms with Crippen LogP contribution in [0.3, 0.4) is 0 Å². The molecular formula is C19H26ClF4N3O3. The smallest absolute Gasteiger partial charge is 0.391 e. The minimum atomic E-state index is -4.29. The number of hydrogen-bond donors (Lipinski definition) is 2. The lowest BCUT2D eigenvalue weighted by atomic mass is 9.87. The molecule has 0 aromatic carbocycles. The number of amides is 1. The largest absolute Gasteiger partial charge is 0.481 e. The molecule has 3 rings (SSSR count). The van der Waals surface area contributed by atoms with Gasteiger partial charge in [-0.15, -0.1) is 12.4 Å². The van der Waals surface area contributed by atoms with Gasteiger partial charge in [-0.3, -0.25) is 4.79 Å². The maximum atomic E-state index is 14.5. The quantitative estimate of drug-likeness (QED) is 0.642. The van der Waals surface area contributed by atoms with Crippen molar-refractivity contribution in [2.75, 3.05) is 13.7 Å². The van der Waals surface area contributed by atoms with Crippen LogP contribution in [0.15, 0.2) is 6.07 Å². The van der Waals surface area contributed by atoms with Crippen LogP contribution in [0.2, 0.25) is 0 Å². The van der Waals surface area contributed by atoms with E-state index in [2.05, 4.69) is 15.6 Å². The van der Waals surface area contributed by atoms with Crippen molar-refractivity contribution in [3.8, 4) is 11.8 Å². The number of rotatable bonds is 6. The standard InChI is InChI=1S/C19H25F4N3O3.ClH/c1-28-17-11(10-25-16(27)15-6-3-7-24-15)8-14(20)18(26-17)29-13-5-2-4-12(9-13)19(21,22)23;/h8,12-13,15,24H,2-7,9-10H2,1H3,(H,25,27);1H/t12-,13-,15-;/m0./s1. The number of carbonyl (C=O) groups excluding carboxylic acids is 1. The molecule has 30 heavy (non-hydrogen) atoms. The average Bonchev–Trinajstić information content (AvgIpc) is 3.22. The Balaban J connectivity index is 0.00000320. The van der Waals surface area contributed by atoms with E-state index in [1.165, 1.54) is 7.11 Å². The monoisotopic (exact) mass is 455 g/mol. The van der Waals surface area contributed by atoms with E-state index in [-0.39, 0.29) is 55.5 Å². The number of alkyl halides is 3. The lowest BCUT2D eigenvalue weighted by Gasteiger charge is -2.30. The number of ether oxygens (including phenoxy) is 2. The predicted molar refractivity (Wildman–Crippen MR) is 103 cm³/mol. The van der Waals surface area contributed by atoms with E-state index >= 15 is 0 Å². The topological polar surface area (TPSA) is 72.5 Å². The number of nitrogens with one attached hydrogen (secondary N) is 2. The fourth-order valence-corrected chi connectivity index (χ4v) is 3.80. The van der Waals surface area contributed by atoms with E-state index in [1.54, 1.807) is 0 Å². The predicted octanol–water partition coefficient (Wildman–Crippen LogP) is 3.52. The molecule has 3 atom stereocenters. The average molecular weight is 456 g/mol. The van der Waals surface area contributed by atoms with E-state index in [1.807, 2.05) is 0 Å². The van der Waals surface area contributed by atoms with Gasteiger partial charge in [0, 0.05) is 12.1 Å². The molecular weight excluding hydrogens is 430 g/mol. The first kappa shape index (κ1) is 24.5. The van der Waals surface area contributed by atoms with Crippen LogP contribution in [0.4, 0.5) is 17.6 Å². The molecule has 1 aromatic heterocycles. The Labute approximate surface area is 178 Å². The van der Waals surface area contributed by atoms with Gasteiger partial charge in [-0.1, -0.05) is 0 Å². The molecule has 11 heteroatoms. The minimum Gasteiger partial charge on any atom is -0.481 e. The van der Waals surface area contributed by atoms with Crippen LogP contribution >= 0.6 is 12.4 Å². The van der Waals surface area contributed by atoms with Crippen molar-refractivity contribution in [2.24, 2.45) is 5.92 Å². The Bertz CT molecular complexity index is 730. The minimum absolute atomic E-state index is 0. The van der Waals surface area contributed by atoms with Crippen molar-refractivity contribution in [3.63, 3.8) is 0 Å². The highest BCUT2D eigenvalue weighted by Gasteiger charge is 2.43. The summed E-state index contributed by atoms with van der Waals surface area (Å²) in [6, 6.07) is 0.863. The molecule has 6 nitrogen and oxygen atoms in total. The van der Waals surface area contributed by atoms with E-state index in [0.29, 0.717) is 18.4 Å². The molecule has 0 radical (unpaired) electrons. The first-order valence-corrected chi connectivity index (χ1v) is 9.75. The lowest BCUT2D eigenvalue weighted by Crippen LogP contribution is -2.40. The zero-order chi connectivity index (χ0) is 21.0. The van der Waals surface area contributed by atoms with Crippen LogP contribution < -0.4 is 20.1 Å². The Morgan fingerprint density at radius 3 is 2.67 bits per heavy atom. The number of aromatic nitrogens is 1. The maximum absolute atomic E-state index is 14.5.